The maximum absolute atomic E-state index is 13.5. The van der Waals surface area contributed by atoms with Crippen LogP contribution in [-0.2, 0) is 9.59 Å². The average Bonchev–Trinajstić information content (AvgIpc) is 2.59. The lowest BCUT2D eigenvalue weighted by molar-refractivity contribution is -0.140. The summed E-state index contributed by atoms with van der Waals surface area (Å²) in [7, 11) is 0. The first-order chi connectivity index (χ1) is 12.5. The average molecular weight is 351 g/mol. The van der Waals surface area contributed by atoms with Crippen molar-refractivity contribution in [2.75, 3.05) is 11.9 Å². The molecule has 0 aromatic heterocycles. The molecule has 26 heavy (non-hydrogen) atoms. The minimum atomic E-state index is -0.114. The highest BCUT2D eigenvalue weighted by molar-refractivity contribution is 6.04. The summed E-state index contributed by atoms with van der Waals surface area (Å²) in [6, 6.07) is 5.62. The molecule has 0 atom stereocenters. The number of hydrogen-bond acceptors (Lipinski definition) is 3. The fraction of sp³-hybridized carbons (Fsp3) is 0.545. The molecule has 136 valence electrons. The van der Waals surface area contributed by atoms with Gasteiger partial charge in [0.15, 0.2) is 5.78 Å². The molecule has 1 aliphatic heterocycles. The Kier molecular flexibility index (Phi) is 3.53. The fourth-order valence-electron chi connectivity index (χ4n) is 6.30. The third kappa shape index (κ3) is 2.58. The van der Waals surface area contributed by atoms with Crippen molar-refractivity contribution in [1.82, 2.24) is 0 Å². The quantitative estimate of drug-likeness (QED) is 0.888. The lowest BCUT2D eigenvalue weighted by Gasteiger charge is -2.56. The first-order valence-corrected chi connectivity index (χ1v) is 9.80. The van der Waals surface area contributed by atoms with E-state index in [1.165, 1.54) is 26.2 Å². The topological polar surface area (TPSA) is 55.4 Å². The van der Waals surface area contributed by atoms with E-state index in [-0.39, 0.29) is 11.3 Å². The number of nitrogens with one attached hydrogen (secondary N) is 1. The van der Waals surface area contributed by atoms with E-state index in [9.17, 15) is 9.59 Å². The van der Waals surface area contributed by atoms with Gasteiger partial charge in [-0.2, -0.15) is 0 Å². The number of ether oxygens (including phenoxy) is 1. The molecule has 1 amide bonds. The molecule has 0 spiro atoms. The van der Waals surface area contributed by atoms with Gasteiger partial charge in [-0.3, -0.25) is 9.59 Å². The van der Waals surface area contributed by atoms with Gasteiger partial charge in [-0.15, -0.1) is 0 Å². The van der Waals surface area contributed by atoms with Crippen molar-refractivity contribution in [3.05, 3.63) is 29.3 Å². The van der Waals surface area contributed by atoms with E-state index >= 15 is 0 Å². The number of rotatable bonds is 3. The van der Waals surface area contributed by atoms with Crippen molar-refractivity contribution in [2.45, 2.75) is 45.4 Å². The summed E-state index contributed by atoms with van der Waals surface area (Å²) in [6.45, 7) is 1.83. The molecular weight excluding hydrogens is 326 g/mol. The van der Waals surface area contributed by atoms with Crippen LogP contribution in [0, 0.1) is 23.2 Å². The molecule has 1 aromatic carbocycles. The number of fused-ring (bicyclic) bond motifs is 1. The van der Waals surface area contributed by atoms with Gasteiger partial charge in [0, 0.05) is 35.2 Å². The van der Waals surface area contributed by atoms with Crippen molar-refractivity contribution in [3.8, 4) is 5.75 Å². The zero-order valence-electron chi connectivity index (χ0n) is 15.2. The van der Waals surface area contributed by atoms with Gasteiger partial charge in [-0.25, -0.2) is 0 Å². The largest absolute Gasteiger partial charge is 0.488 e. The molecule has 4 aliphatic carbocycles. The third-order valence-corrected chi connectivity index (χ3v) is 6.86. The van der Waals surface area contributed by atoms with E-state index in [1.807, 2.05) is 24.3 Å². The van der Waals surface area contributed by atoms with Gasteiger partial charge in [0.05, 0.1) is 0 Å². The highest BCUT2D eigenvalue weighted by atomic mass is 16.5. The second-order valence-corrected chi connectivity index (χ2v) is 8.92. The lowest BCUT2D eigenvalue weighted by atomic mass is 9.48. The Morgan fingerprint density at radius 3 is 2.35 bits per heavy atom. The Hall–Kier alpha value is -2.10. The first kappa shape index (κ1) is 16.1. The molecule has 1 heterocycles. The van der Waals surface area contributed by atoms with Crippen molar-refractivity contribution < 1.29 is 14.3 Å². The molecule has 4 nitrogen and oxygen atoms in total. The number of hydrogen-bond donors (Lipinski definition) is 1. The number of benzene rings is 1. The van der Waals surface area contributed by atoms with E-state index in [4.69, 9.17) is 4.74 Å². The van der Waals surface area contributed by atoms with E-state index in [0.717, 1.165) is 59.6 Å². The Balaban J connectivity index is 1.42. The summed E-state index contributed by atoms with van der Waals surface area (Å²) < 4.78 is 5.90. The Bertz CT molecular complexity index is 787. The monoisotopic (exact) mass is 351 g/mol. The van der Waals surface area contributed by atoms with E-state index in [1.54, 1.807) is 0 Å². The summed E-state index contributed by atoms with van der Waals surface area (Å²) in [6.07, 6.45) is 9.30. The number of carbonyl (C=O) groups excluding carboxylic acids is 2. The SMILES string of the molecule is CC(=O)Nc1ccc2c(c1)OCC(C(=O)C13CC4CC(CC(C4)C1)C3)=C2. The third-order valence-electron chi connectivity index (χ3n) is 6.86. The first-order valence-electron chi connectivity index (χ1n) is 9.80. The molecule has 1 aromatic rings. The van der Waals surface area contributed by atoms with Gasteiger partial charge in [-0.1, -0.05) is 0 Å². The molecular formula is C22H25NO3. The van der Waals surface area contributed by atoms with Crippen molar-refractivity contribution in [2.24, 2.45) is 23.2 Å². The van der Waals surface area contributed by atoms with E-state index in [2.05, 4.69) is 5.32 Å². The summed E-state index contributed by atoms with van der Waals surface area (Å²) in [5.41, 5.74) is 2.36. The van der Waals surface area contributed by atoms with Crippen LogP contribution >= 0.6 is 0 Å². The van der Waals surface area contributed by atoms with Crippen molar-refractivity contribution in [3.63, 3.8) is 0 Å². The maximum Gasteiger partial charge on any atom is 0.221 e. The predicted octanol–water partition coefficient (Wildman–Crippen LogP) is 4.21. The van der Waals surface area contributed by atoms with Crippen LogP contribution < -0.4 is 10.1 Å². The number of amides is 1. The number of anilines is 1. The molecule has 4 bridgehead atoms. The van der Waals surface area contributed by atoms with Crippen LogP contribution in [0.25, 0.3) is 6.08 Å². The van der Waals surface area contributed by atoms with Gasteiger partial charge >= 0.3 is 0 Å². The Labute approximate surface area is 154 Å². The zero-order valence-corrected chi connectivity index (χ0v) is 15.2. The normalized spacial score (nSPS) is 33.9. The summed E-state index contributed by atoms with van der Waals surface area (Å²) in [5.74, 6) is 3.27. The zero-order chi connectivity index (χ0) is 17.9. The Morgan fingerprint density at radius 2 is 1.73 bits per heavy atom. The smallest absolute Gasteiger partial charge is 0.221 e. The molecule has 5 aliphatic rings. The highest BCUT2D eigenvalue weighted by Crippen LogP contribution is 2.61. The minimum absolute atomic E-state index is 0.103. The van der Waals surface area contributed by atoms with Gasteiger partial charge in [0.2, 0.25) is 5.91 Å². The predicted molar refractivity (Wildman–Crippen MR) is 99.8 cm³/mol. The van der Waals surface area contributed by atoms with Crippen LogP contribution in [0.3, 0.4) is 0 Å². The summed E-state index contributed by atoms with van der Waals surface area (Å²) in [4.78, 5) is 24.7. The summed E-state index contributed by atoms with van der Waals surface area (Å²) in [5, 5.41) is 2.77. The molecule has 0 saturated heterocycles. The Morgan fingerprint density at radius 1 is 1.08 bits per heavy atom. The van der Waals surface area contributed by atoms with Crippen LogP contribution in [0.1, 0.15) is 51.0 Å². The van der Waals surface area contributed by atoms with E-state index < -0.39 is 0 Å². The number of carbonyl (C=O) groups is 2. The molecule has 0 radical (unpaired) electrons. The van der Waals surface area contributed by atoms with Crippen molar-refractivity contribution >= 4 is 23.5 Å². The van der Waals surface area contributed by atoms with Crippen LogP contribution in [0.2, 0.25) is 0 Å². The fourth-order valence-corrected chi connectivity index (χ4v) is 6.30. The van der Waals surface area contributed by atoms with Gasteiger partial charge in [-0.05, 0) is 74.5 Å². The standard InChI is InChI=1S/C22H25NO3/c1-13(24)23-19-3-2-17-7-18(12-26-20(17)8-19)21(25)22-9-14-4-15(10-22)6-16(5-14)11-22/h2-3,7-8,14-16H,4-6,9-12H2,1H3,(H,23,24). The number of Topliss-reactive ketones (excluding diaryl/α,β-unsaturated/α-hetero) is 1. The summed E-state index contributed by atoms with van der Waals surface area (Å²) >= 11 is 0. The van der Waals surface area contributed by atoms with Gasteiger partial charge in [0.25, 0.3) is 0 Å². The minimum Gasteiger partial charge on any atom is -0.488 e. The second kappa shape index (κ2) is 5.70. The van der Waals surface area contributed by atoms with Crippen LogP contribution in [-0.4, -0.2) is 18.3 Å². The lowest BCUT2D eigenvalue weighted by Crippen LogP contribution is -2.50. The van der Waals surface area contributed by atoms with Gasteiger partial charge < -0.3 is 10.1 Å². The molecule has 0 unspecified atom stereocenters. The van der Waals surface area contributed by atoms with Crippen LogP contribution in [0.4, 0.5) is 5.69 Å². The molecule has 6 rings (SSSR count). The second-order valence-electron chi connectivity index (χ2n) is 8.92. The van der Waals surface area contributed by atoms with Crippen LogP contribution in [0.15, 0.2) is 23.8 Å². The van der Waals surface area contributed by atoms with E-state index in [0.29, 0.717) is 12.4 Å². The molecule has 4 fully saturated rings. The molecule has 1 N–H and O–H groups in total. The molecule has 4 heteroatoms. The highest BCUT2D eigenvalue weighted by Gasteiger charge is 2.54. The molecule has 4 saturated carbocycles. The maximum atomic E-state index is 13.5. The number of ketones is 1. The van der Waals surface area contributed by atoms with Crippen LogP contribution in [0.5, 0.6) is 5.75 Å². The van der Waals surface area contributed by atoms with Gasteiger partial charge in [0.1, 0.15) is 12.4 Å². The van der Waals surface area contributed by atoms with Crippen molar-refractivity contribution in [1.29, 1.82) is 0 Å².